The number of hydrogen-bond donors (Lipinski definition) is 1. The lowest BCUT2D eigenvalue weighted by Crippen LogP contribution is -2.33. The van der Waals surface area contributed by atoms with Crippen molar-refractivity contribution in [1.29, 1.82) is 0 Å². The van der Waals surface area contributed by atoms with Gasteiger partial charge in [-0.25, -0.2) is 8.42 Å². The molecule has 0 fully saturated rings. The summed E-state index contributed by atoms with van der Waals surface area (Å²) in [6, 6.07) is 4.41. The van der Waals surface area contributed by atoms with Crippen molar-refractivity contribution in [2.45, 2.75) is 18.2 Å². The molecule has 0 saturated heterocycles. The largest absolute Gasteiger partial charge is 0.397 e. The summed E-state index contributed by atoms with van der Waals surface area (Å²) in [4.78, 5) is 2.21. The average Bonchev–Trinajstić information content (AvgIpc) is 2.37. The zero-order valence-electron chi connectivity index (χ0n) is 12.1. The molecule has 0 heterocycles. The highest BCUT2D eigenvalue weighted by molar-refractivity contribution is 7.89. The molecule has 0 aliphatic carbocycles. The Morgan fingerprint density at radius 2 is 1.90 bits per heavy atom. The second-order valence-electron chi connectivity index (χ2n) is 4.84. The molecule has 0 aromatic heterocycles. The number of nitrogens with zero attached hydrogens (tertiary/aromatic N) is 2. The normalized spacial score (nSPS) is 12.3. The first-order valence-electron chi connectivity index (χ1n) is 6.49. The van der Waals surface area contributed by atoms with Gasteiger partial charge in [0.05, 0.1) is 15.6 Å². The molecular weight excluding hydrogens is 298 g/mol. The zero-order chi connectivity index (χ0) is 15.3. The highest BCUT2D eigenvalue weighted by Gasteiger charge is 2.23. The van der Waals surface area contributed by atoms with Gasteiger partial charge in [-0.2, -0.15) is 4.31 Å². The molecule has 1 rings (SSSR count). The molecule has 0 aliphatic heterocycles. The summed E-state index contributed by atoms with van der Waals surface area (Å²) in [5.41, 5.74) is 5.95. The molecule has 0 amide bonds. The Kier molecular flexibility index (Phi) is 6.26. The Bertz CT molecular complexity index is 547. The maximum atomic E-state index is 12.5. The molecule has 7 heteroatoms. The van der Waals surface area contributed by atoms with Crippen LogP contribution in [0.25, 0.3) is 0 Å². The summed E-state index contributed by atoms with van der Waals surface area (Å²) in [5.74, 6) is 0. The van der Waals surface area contributed by atoms with Crippen molar-refractivity contribution in [3.05, 3.63) is 23.2 Å². The molecular formula is C13H22ClN3O2S. The zero-order valence-corrected chi connectivity index (χ0v) is 13.7. The minimum atomic E-state index is -3.51. The maximum Gasteiger partial charge on any atom is 0.243 e. The quantitative estimate of drug-likeness (QED) is 0.779. The van der Waals surface area contributed by atoms with Crippen LogP contribution in [-0.2, 0) is 10.0 Å². The van der Waals surface area contributed by atoms with Gasteiger partial charge in [0, 0.05) is 13.1 Å². The van der Waals surface area contributed by atoms with E-state index in [0.29, 0.717) is 18.1 Å². The van der Waals surface area contributed by atoms with Gasteiger partial charge < -0.3 is 10.6 Å². The predicted octanol–water partition coefficient (Wildman–Crippen LogP) is 1.88. The Morgan fingerprint density at radius 1 is 1.25 bits per heavy atom. The van der Waals surface area contributed by atoms with Gasteiger partial charge in [0.2, 0.25) is 10.0 Å². The molecule has 0 radical (unpaired) electrons. The molecule has 0 aliphatic rings. The average molecular weight is 320 g/mol. The monoisotopic (exact) mass is 319 g/mol. The van der Waals surface area contributed by atoms with Crippen molar-refractivity contribution in [2.75, 3.05) is 39.5 Å². The second kappa shape index (κ2) is 7.26. The van der Waals surface area contributed by atoms with Gasteiger partial charge in [-0.3, -0.25) is 0 Å². The molecule has 0 atom stereocenters. The third-order valence-corrected chi connectivity index (χ3v) is 5.29. The lowest BCUT2D eigenvalue weighted by Gasteiger charge is -2.21. The van der Waals surface area contributed by atoms with Crippen molar-refractivity contribution in [1.82, 2.24) is 9.21 Å². The molecule has 0 unspecified atom stereocenters. The Morgan fingerprint density at radius 3 is 2.40 bits per heavy atom. The lowest BCUT2D eigenvalue weighted by molar-refractivity contribution is 0.356. The lowest BCUT2D eigenvalue weighted by atomic mass is 10.3. The van der Waals surface area contributed by atoms with E-state index in [-0.39, 0.29) is 10.6 Å². The van der Waals surface area contributed by atoms with Crippen LogP contribution in [0.2, 0.25) is 5.02 Å². The first kappa shape index (κ1) is 17.2. The molecule has 0 saturated carbocycles. The van der Waals surface area contributed by atoms with Crippen LogP contribution >= 0.6 is 11.6 Å². The standard InChI is InChI=1S/C13H22ClN3O2S/c1-4-17(9-5-8-16(2)3)20(18,19)11-6-7-12(14)13(15)10-11/h6-7,10H,4-5,8-9,15H2,1-3H3. The summed E-state index contributed by atoms with van der Waals surface area (Å²) in [5, 5.41) is 0.361. The number of rotatable bonds is 7. The first-order chi connectivity index (χ1) is 9.28. The predicted molar refractivity (Wildman–Crippen MR) is 83.5 cm³/mol. The fourth-order valence-electron chi connectivity index (χ4n) is 1.84. The van der Waals surface area contributed by atoms with Gasteiger partial charge in [0.25, 0.3) is 0 Å². The Labute approximate surface area is 126 Å². The number of sulfonamides is 1. The smallest absolute Gasteiger partial charge is 0.243 e. The van der Waals surface area contributed by atoms with Gasteiger partial charge in [-0.05, 0) is 45.3 Å². The first-order valence-corrected chi connectivity index (χ1v) is 8.30. The fourth-order valence-corrected chi connectivity index (χ4v) is 3.48. The minimum absolute atomic E-state index is 0.186. The third kappa shape index (κ3) is 4.34. The number of nitrogens with two attached hydrogens (primary N) is 1. The van der Waals surface area contributed by atoms with Gasteiger partial charge in [-0.15, -0.1) is 0 Å². The number of nitrogen functional groups attached to an aromatic ring is 1. The summed E-state index contributed by atoms with van der Waals surface area (Å²) in [7, 11) is 0.414. The number of benzene rings is 1. The van der Waals surface area contributed by atoms with Gasteiger partial charge in [-0.1, -0.05) is 18.5 Å². The van der Waals surface area contributed by atoms with E-state index in [1.165, 1.54) is 22.5 Å². The molecule has 20 heavy (non-hydrogen) atoms. The van der Waals surface area contributed by atoms with Crippen LogP contribution in [0.4, 0.5) is 5.69 Å². The van der Waals surface area contributed by atoms with Gasteiger partial charge in [0.15, 0.2) is 0 Å². The summed E-state index contributed by atoms with van der Waals surface area (Å²) in [6.45, 7) is 3.58. The Hall–Kier alpha value is -0.820. The fraction of sp³-hybridized carbons (Fsp3) is 0.538. The maximum absolute atomic E-state index is 12.5. The van der Waals surface area contributed by atoms with Crippen molar-refractivity contribution in [3.8, 4) is 0 Å². The molecule has 0 bridgehead atoms. The molecule has 114 valence electrons. The third-order valence-electron chi connectivity index (χ3n) is 2.97. The highest BCUT2D eigenvalue weighted by atomic mass is 35.5. The molecule has 2 N–H and O–H groups in total. The van der Waals surface area contributed by atoms with Crippen LogP contribution in [0.5, 0.6) is 0 Å². The van der Waals surface area contributed by atoms with Crippen LogP contribution in [-0.4, -0.2) is 51.4 Å². The molecule has 5 nitrogen and oxygen atoms in total. The van der Waals surface area contributed by atoms with E-state index in [2.05, 4.69) is 0 Å². The van der Waals surface area contributed by atoms with Crippen LogP contribution in [0.1, 0.15) is 13.3 Å². The molecule has 1 aromatic rings. The highest BCUT2D eigenvalue weighted by Crippen LogP contribution is 2.24. The van der Waals surface area contributed by atoms with E-state index in [1.54, 1.807) is 0 Å². The van der Waals surface area contributed by atoms with E-state index in [9.17, 15) is 8.42 Å². The summed E-state index contributed by atoms with van der Waals surface area (Å²) < 4.78 is 26.5. The van der Waals surface area contributed by atoms with E-state index in [4.69, 9.17) is 17.3 Å². The van der Waals surface area contributed by atoms with Crippen molar-refractivity contribution >= 4 is 27.3 Å². The minimum Gasteiger partial charge on any atom is -0.397 e. The van der Waals surface area contributed by atoms with Gasteiger partial charge >= 0.3 is 0 Å². The van der Waals surface area contributed by atoms with Crippen LogP contribution in [0.15, 0.2) is 23.1 Å². The SMILES string of the molecule is CCN(CCCN(C)C)S(=O)(=O)c1ccc(Cl)c(N)c1. The van der Waals surface area contributed by atoms with Crippen molar-refractivity contribution in [2.24, 2.45) is 0 Å². The van der Waals surface area contributed by atoms with E-state index in [0.717, 1.165) is 13.0 Å². The van der Waals surface area contributed by atoms with Crippen molar-refractivity contribution < 1.29 is 8.42 Å². The second-order valence-corrected chi connectivity index (χ2v) is 7.18. The number of hydrogen-bond acceptors (Lipinski definition) is 4. The van der Waals surface area contributed by atoms with Crippen LogP contribution in [0.3, 0.4) is 0 Å². The van der Waals surface area contributed by atoms with E-state index >= 15 is 0 Å². The van der Waals surface area contributed by atoms with E-state index in [1.807, 2.05) is 25.9 Å². The van der Waals surface area contributed by atoms with Gasteiger partial charge in [0.1, 0.15) is 0 Å². The Balaban J connectivity index is 2.91. The number of anilines is 1. The summed E-state index contributed by atoms with van der Waals surface area (Å²) in [6.07, 6.45) is 0.781. The van der Waals surface area contributed by atoms with E-state index < -0.39 is 10.0 Å². The van der Waals surface area contributed by atoms with Crippen LogP contribution in [0, 0.1) is 0 Å². The van der Waals surface area contributed by atoms with Crippen molar-refractivity contribution in [3.63, 3.8) is 0 Å². The number of halogens is 1. The van der Waals surface area contributed by atoms with Crippen LogP contribution < -0.4 is 5.73 Å². The summed E-state index contributed by atoms with van der Waals surface area (Å²) >= 11 is 5.82. The molecule has 0 spiro atoms. The topological polar surface area (TPSA) is 66.6 Å². The molecule has 1 aromatic carbocycles.